The normalized spacial score (nSPS) is 23.8. The third kappa shape index (κ3) is 3.86. The molecule has 19 heavy (non-hydrogen) atoms. The van der Waals surface area contributed by atoms with Gasteiger partial charge in [0, 0.05) is 18.5 Å². The van der Waals surface area contributed by atoms with Crippen molar-refractivity contribution in [3.63, 3.8) is 0 Å². The molecule has 1 nitrogen and oxygen atoms in total. The van der Waals surface area contributed by atoms with Gasteiger partial charge in [-0.1, -0.05) is 18.6 Å². The van der Waals surface area contributed by atoms with Crippen LogP contribution in [-0.2, 0) is 12.7 Å². The van der Waals surface area contributed by atoms with Gasteiger partial charge in [0.1, 0.15) is 0 Å². The summed E-state index contributed by atoms with van der Waals surface area (Å²) in [5, 5.41) is 3.39. The predicted molar refractivity (Wildman–Crippen MR) is 70.1 cm³/mol. The molecule has 0 heterocycles. The minimum Gasteiger partial charge on any atom is -0.310 e. The average Bonchev–Trinajstić information content (AvgIpc) is 2.83. The van der Waals surface area contributed by atoms with Crippen LogP contribution >= 0.6 is 11.6 Å². The lowest BCUT2D eigenvalue weighted by molar-refractivity contribution is -0.137. The van der Waals surface area contributed by atoms with Crippen LogP contribution in [0.4, 0.5) is 13.2 Å². The van der Waals surface area contributed by atoms with Gasteiger partial charge in [0.05, 0.1) is 5.56 Å². The Morgan fingerprint density at radius 3 is 2.42 bits per heavy atom. The van der Waals surface area contributed by atoms with E-state index in [2.05, 4.69) is 5.32 Å². The van der Waals surface area contributed by atoms with Crippen molar-refractivity contribution in [2.24, 2.45) is 5.92 Å². The molecule has 0 aliphatic heterocycles. The fourth-order valence-electron chi connectivity index (χ4n) is 2.55. The first kappa shape index (κ1) is 14.7. The lowest BCUT2D eigenvalue weighted by Crippen LogP contribution is -2.32. The summed E-state index contributed by atoms with van der Waals surface area (Å²) in [5.74, 6) is 1.13. The number of nitrogens with one attached hydrogen (secondary N) is 1. The van der Waals surface area contributed by atoms with E-state index in [1.165, 1.54) is 18.6 Å². The van der Waals surface area contributed by atoms with Crippen LogP contribution in [-0.4, -0.2) is 11.9 Å². The molecule has 0 radical (unpaired) electrons. The Hall–Kier alpha value is -0.740. The number of hydrogen-bond donors (Lipinski definition) is 1. The summed E-state index contributed by atoms with van der Waals surface area (Å²) < 4.78 is 37.3. The van der Waals surface area contributed by atoms with Crippen molar-refractivity contribution in [2.45, 2.75) is 38.0 Å². The maximum Gasteiger partial charge on any atom is 0.416 e. The zero-order valence-electron chi connectivity index (χ0n) is 10.5. The van der Waals surface area contributed by atoms with Gasteiger partial charge in [-0.15, -0.1) is 11.6 Å². The van der Waals surface area contributed by atoms with E-state index >= 15 is 0 Å². The average molecular weight is 292 g/mol. The Labute approximate surface area is 116 Å². The molecule has 2 unspecified atom stereocenters. The van der Waals surface area contributed by atoms with Gasteiger partial charge in [-0.25, -0.2) is 0 Å². The van der Waals surface area contributed by atoms with Crippen LogP contribution in [0.5, 0.6) is 0 Å². The standard InChI is InChI=1S/C14H17ClF3N/c15-8-11-2-1-3-13(11)19-9-10-4-6-12(7-5-10)14(16,17)18/h4-7,11,13,19H,1-3,8-9H2. The maximum absolute atomic E-state index is 12.4. The molecule has 1 aliphatic rings. The van der Waals surface area contributed by atoms with Crippen LogP contribution in [0.1, 0.15) is 30.4 Å². The largest absolute Gasteiger partial charge is 0.416 e. The van der Waals surface area contributed by atoms with Crippen LogP contribution in [0.15, 0.2) is 24.3 Å². The monoisotopic (exact) mass is 291 g/mol. The van der Waals surface area contributed by atoms with E-state index in [1.54, 1.807) is 0 Å². The number of benzene rings is 1. The first-order valence-corrected chi connectivity index (χ1v) is 6.99. The fourth-order valence-corrected chi connectivity index (χ4v) is 2.92. The van der Waals surface area contributed by atoms with Crippen LogP contribution in [0, 0.1) is 5.92 Å². The van der Waals surface area contributed by atoms with E-state index in [4.69, 9.17) is 11.6 Å². The second kappa shape index (κ2) is 6.14. The second-order valence-electron chi connectivity index (χ2n) is 5.03. The van der Waals surface area contributed by atoms with Crippen LogP contribution in [0.25, 0.3) is 0 Å². The van der Waals surface area contributed by atoms with Crippen molar-refractivity contribution < 1.29 is 13.2 Å². The molecule has 1 fully saturated rings. The molecule has 106 valence electrons. The van der Waals surface area contributed by atoms with Crippen molar-refractivity contribution in [1.29, 1.82) is 0 Å². The Bertz CT molecular complexity index is 402. The van der Waals surface area contributed by atoms with E-state index in [1.807, 2.05) is 0 Å². The molecule has 2 atom stereocenters. The number of halogens is 4. The molecule has 0 bridgehead atoms. The summed E-state index contributed by atoms with van der Waals surface area (Å²) in [4.78, 5) is 0. The van der Waals surface area contributed by atoms with Gasteiger partial charge in [-0.05, 0) is 36.5 Å². The molecule has 0 saturated heterocycles. The van der Waals surface area contributed by atoms with Gasteiger partial charge in [-0.2, -0.15) is 13.2 Å². The molecular formula is C14H17ClF3N. The highest BCUT2D eigenvalue weighted by Gasteiger charge is 2.30. The summed E-state index contributed by atoms with van der Waals surface area (Å²) in [6, 6.07) is 5.70. The molecule has 0 spiro atoms. The van der Waals surface area contributed by atoms with Crippen molar-refractivity contribution >= 4 is 11.6 Å². The van der Waals surface area contributed by atoms with Gasteiger partial charge in [0.25, 0.3) is 0 Å². The molecule has 1 N–H and O–H groups in total. The third-order valence-corrected chi connectivity index (χ3v) is 4.10. The molecule has 1 aromatic rings. The Morgan fingerprint density at radius 1 is 1.16 bits per heavy atom. The quantitative estimate of drug-likeness (QED) is 0.820. The predicted octanol–water partition coefficient (Wildman–Crippen LogP) is 4.20. The third-order valence-electron chi connectivity index (χ3n) is 3.71. The first-order chi connectivity index (χ1) is 9.00. The Kier molecular flexibility index (Phi) is 4.74. The van der Waals surface area contributed by atoms with E-state index in [-0.39, 0.29) is 0 Å². The van der Waals surface area contributed by atoms with E-state index in [9.17, 15) is 13.2 Å². The SMILES string of the molecule is FC(F)(F)c1ccc(CNC2CCCC2CCl)cc1. The van der Waals surface area contributed by atoms with E-state index in [0.29, 0.717) is 24.4 Å². The number of rotatable bonds is 4. The highest BCUT2D eigenvalue weighted by atomic mass is 35.5. The van der Waals surface area contributed by atoms with Crippen LogP contribution in [0.2, 0.25) is 0 Å². The topological polar surface area (TPSA) is 12.0 Å². The van der Waals surface area contributed by atoms with Crippen molar-refractivity contribution in [1.82, 2.24) is 5.32 Å². The molecule has 5 heteroatoms. The summed E-state index contributed by atoms with van der Waals surface area (Å²) in [6.45, 7) is 0.593. The van der Waals surface area contributed by atoms with Crippen molar-refractivity contribution in [2.75, 3.05) is 5.88 Å². The van der Waals surface area contributed by atoms with Crippen molar-refractivity contribution in [3.8, 4) is 0 Å². The Morgan fingerprint density at radius 2 is 1.84 bits per heavy atom. The minimum absolute atomic E-state index is 0.389. The molecule has 1 saturated carbocycles. The molecule has 1 aromatic carbocycles. The highest BCUT2D eigenvalue weighted by Crippen LogP contribution is 2.29. The summed E-state index contributed by atoms with van der Waals surface area (Å²) in [7, 11) is 0. The minimum atomic E-state index is -4.26. The summed E-state index contributed by atoms with van der Waals surface area (Å²) >= 11 is 5.89. The van der Waals surface area contributed by atoms with Gasteiger partial charge in [0.15, 0.2) is 0 Å². The number of hydrogen-bond acceptors (Lipinski definition) is 1. The Balaban J connectivity index is 1.90. The number of alkyl halides is 4. The van der Waals surface area contributed by atoms with Crippen molar-refractivity contribution in [3.05, 3.63) is 35.4 Å². The van der Waals surface area contributed by atoms with E-state index < -0.39 is 11.7 Å². The zero-order chi connectivity index (χ0) is 13.9. The zero-order valence-corrected chi connectivity index (χ0v) is 11.3. The summed E-state index contributed by atoms with van der Waals surface area (Å²) in [5.41, 5.74) is 0.268. The smallest absolute Gasteiger partial charge is 0.310 e. The molecule has 0 aromatic heterocycles. The second-order valence-corrected chi connectivity index (χ2v) is 5.34. The first-order valence-electron chi connectivity index (χ1n) is 6.46. The summed E-state index contributed by atoms with van der Waals surface area (Å²) in [6.07, 6.45) is -0.866. The van der Waals surface area contributed by atoms with Crippen LogP contribution in [0.3, 0.4) is 0 Å². The van der Waals surface area contributed by atoms with Gasteiger partial charge < -0.3 is 5.32 Å². The maximum atomic E-state index is 12.4. The van der Waals surface area contributed by atoms with Gasteiger partial charge in [0.2, 0.25) is 0 Å². The van der Waals surface area contributed by atoms with Crippen LogP contribution < -0.4 is 5.32 Å². The molecular weight excluding hydrogens is 275 g/mol. The van der Waals surface area contributed by atoms with Gasteiger partial charge in [-0.3, -0.25) is 0 Å². The lowest BCUT2D eigenvalue weighted by Gasteiger charge is -2.19. The lowest BCUT2D eigenvalue weighted by atomic mass is 10.1. The molecule has 0 amide bonds. The van der Waals surface area contributed by atoms with E-state index in [0.717, 1.165) is 30.5 Å². The highest BCUT2D eigenvalue weighted by molar-refractivity contribution is 6.18. The molecule has 1 aliphatic carbocycles. The fraction of sp³-hybridized carbons (Fsp3) is 0.571. The molecule has 2 rings (SSSR count). The van der Waals surface area contributed by atoms with Gasteiger partial charge >= 0.3 is 6.18 Å².